The van der Waals surface area contributed by atoms with Crippen molar-refractivity contribution in [3.63, 3.8) is 0 Å². The van der Waals surface area contributed by atoms with Crippen LogP contribution < -0.4 is 10.6 Å². The summed E-state index contributed by atoms with van der Waals surface area (Å²) in [6, 6.07) is 7.24. The van der Waals surface area contributed by atoms with Gasteiger partial charge in [-0.3, -0.25) is 9.48 Å². The number of halogens is 3. The van der Waals surface area contributed by atoms with Gasteiger partial charge in [0.1, 0.15) is 0 Å². The van der Waals surface area contributed by atoms with Crippen LogP contribution in [0.4, 0.5) is 18.9 Å². The van der Waals surface area contributed by atoms with Gasteiger partial charge in [0, 0.05) is 42.3 Å². The Morgan fingerprint density at radius 1 is 1.22 bits per heavy atom. The molecule has 2 aromatic heterocycles. The first-order valence-corrected chi connectivity index (χ1v) is 11.7. The number of anilines is 1. The summed E-state index contributed by atoms with van der Waals surface area (Å²) in [5, 5.41) is 11.2. The van der Waals surface area contributed by atoms with Crippen molar-refractivity contribution in [2.24, 2.45) is 7.05 Å². The van der Waals surface area contributed by atoms with Gasteiger partial charge in [0.25, 0.3) is 5.91 Å². The first-order valence-electron chi connectivity index (χ1n) is 11.7. The molecule has 1 aliphatic heterocycles. The Bertz CT molecular complexity index is 1290. The largest absolute Gasteiger partial charge is 0.417 e. The highest BCUT2D eigenvalue weighted by Gasteiger charge is 2.35. The number of pyridine rings is 1. The van der Waals surface area contributed by atoms with E-state index < -0.39 is 11.7 Å². The van der Waals surface area contributed by atoms with Gasteiger partial charge < -0.3 is 15.5 Å². The van der Waals surface area contributed by atoms with Crippen molar-refractivity contribution in [2.45, 2.75) is 25.1 Å². The van der Waals surface area contributed by atoms with E-state index in [1.54, 1.807) is 43.6 Å². The van der Waals surface area contributed by atoms with E-state index in [-0.39, 0.29) is 24.2 Å². The Morgan fingerprint density at radius 3 is 2.64 bits per heavy atom. The van der Waals surface area contributed by atoms with E-state index in [2.05, 4.69) is 39.2 Å². The van der Waals surface area contributed by atoms with Crippen molar-refractivity contribution in [3.8, 4) is 0 Å². The second-order valence-electron chi connectivity index (χ2n) is 9.01. The first-order chi connectivity index (χ1) is 17.1. The molecule has 0 spiro atoms. The number of carbonyl (C=O) groups excluding carboxylic acids is 1. The van der Waals surface area contributed by atoms with Gasteiger partial charge >= 0.3 is 6.18 Å². The number of allylic oxidation sites excluding steroid dienone is 1. The predicted octanol–water partition coefficient (Wildman–Crippen LogP) is 4.49. The smallest absolute Gasteiger partial charge is 0.382 e. The SMILES string of the molecule is C=C(c1nc(/C=C/CNC(=O)c2cnn(C)c2)cc2c(NC3CCN(C)CC3)cccc12)C(F)(F)F. The zero-order valence-electron chi connectivity index (χ0n) is 20.3. The third-order valence-electron chi connectivity index (χ3n) is 6.24. The number of likely N-dealkylation sites (tertiary alicyclic amines) is 1. The molecule has 4 rings (SSSR count). The molecule has 1 amide bonds. The van der Waals surface area contributed by atoms with Crippen LogP contribution in [0.3, 0.4) is 0 Å². The van der Waals surface area contributed by atoms with Crippen LogP contribution in [0.25, 0.3) is 22.4 Å². The minimum Gasteiger partial charge on any atom is -0.382 e. The molecule has 2 N–H and O–H groups in total. The molecule has 7 nitrogen and oxygen atoms in total. The van der Waals surface area contributed by atoms with Crippen molar-refractivity contribution in [1.82, 2.24) is 25.0 Å². The van der Waals surface area contributed by atoms with Gasteiger partial charge in [-0.1, -0.05) is 24.8 Å². The third-order valence-corrected chi connectivity index (χ3v) is 6.24. The molecule has 1 saturated heterocycles. The van der Waals surface area contributed by atoms with Crippen molar-refractivity contribution in [1.29, 1.82) is 0 Å². The fraction of sp³-hybridized carbons (Fsp3) is 0.346. The number of benzene rings is 1. The lowest BCUT2D eigenvalue weighted by Crippen LogP contribution is -2.36. The highest BCUT2D eigenvalue weighted by atomic mass is 19.4. The summed E-state index contributed by atoms with van der Waals surface area (Å²) in [6.07, 6.45) is 3.58. The molecule has 0 atom stereocenters. The van der Waals surface area contributed by atoms with Crippen LogP contribution in [-0.2, 0) is 7.05 Å². The van der Waals surface area contributed by atoms with Gasteiger partial charge in [-0.2, -0.15) is 18.3 Å². The van der Waals surface area contributed by atoms with Gasteiger partial charge in [0.05, 0.1) is 28.7 Å². The fourth-order valence-electron chi connectivity index (χ4n) is 4.22. The summed E-state index contributed by atoms with van der Waals surface area (Å²) in [6.45, 7) is 5.39. The summed E-state index contributed by atoms with van der Waals surface area (Å²) in [7, 11) is 3.79. The van der Waals surface area contributed by atoms with Crippen LogP contribution in [0.1, 0.15) is 34.6 Å². The molecule has 1 aromatic carbocycles. The van der Waals surface area contributed by atoms with Gasteiger partial charge in [0.15, 0.2) is 0 Å². The summed E-state index contributed by atoms with van der Waals surface area (Å²) < 4.78 is 42.4. The highest BCUT2D eigenvalue weighted by molar-refractivity contribution is 6.01. The number of amides is 1. The monoisotopic (exact) mass is 498 g/mol. The molecule has 1 fully saturated rings. The van der Waals surface area contributed by atoms with Crippen molar-refractivity contribution in [3.05, 3.63) is 66.3 Å². The molecule has 0 unspecified atom stereocenters. The van der Waals surface area contributed by atoms with Crippen LogP contribution in [0.2, 0.25) is 0 Å². The van der Waals surface area contributed by atoms with Gasteiger partial charge in [-0.25, -0.2) is 4.98 Å². The molecule has 0 saturated carbocycles. The Labute approximate surface area is 207 Å². The molecular formula is C26H29F3N6O. The molecule has 190 valence electrons. The van der Waals surface area contributed by atoms with Crippen LogP contribution >= 0.6 is 0 Å². The summed E-state index contributed by atoms with van der Waals surface area (Å²) in [5.41, 5.74) is 0.328. The lowest BCUT2D eigenvalue weighted by molar-refractivity contribution is -0.0688. The predicted molar refractivity (Wildman–Crippen MR) is 136 cm³/mol. The minimum absolute atomic E-state index is 0.179. The zero-order valence-corrected chi connectivity index (χ0v) is 20.3. The molecule has 0 aliphatic carbocycles. The standard InChI is InChI=1S/C26H29F3N6O/c1-17(26(27,28)29)24-21-7-4-8-23(32-19-9-12-34(2)13-10-19)22(21)14-20(33-24)6-5-11-30-25(36)18-15-31-35(3)16-18/h4-8,14-16,19,32H,1,9-13H2,2-3H3,(H,30,36)/b6-5+. The first kappa shape index (κ1) is 25.4. The van der Waals surface area contributed by atoms with Gasteiger partial charge in [-0.15, -0.1) is 0 Å². The maximum atomic E-state index is 13.6. The highest BCUT2D eigenvalue weighted by Crippen LogP contribution is 2.37. The number of rotatable bonds is 7. The van der Waals surface area contributed by atoms with E-state index in [4.69, 9.17) is 0 Å². The lowest BCUT2D eigenvalue weighted by atomic mass is 10.00. The topological polar surface area (TPSA) is 75.1 Å². The fourth-order valence-corrected chi connectivity index (χ4v) is 4.22. The van der Waals surface area contributed by atoms with E-state index >= 15 is 0 Å². The average molecular weight is 499 g/mol. The normalized spacial score (nSPS) is 15.5. The molecule has 3 aromatic rings. The number of aromatic nitrogens is 3. The van der Waals surface area contributed by atoms with Gasteiger partial charge in [-0.05, 0) is 51.2 Å². The van der Waals surface area contributed by atoms with E-state index in [9.17, 15) is 18.0 Å². The number of hydrogen-bond acceptors (Lipinski definition) is 5. The molecule has 10 heteroatoms. The number of piperidine rings is 1. The summed E-state index contributed by atoms with van der Waals surface area (Å²) in [4.78, 5) is 18.7. The lowest BCUT2D eigenvalue weighted by Gasteiger charge is -2.30. The Kier molecular flexibility index (Phi) is 7.44. The minimum atomic E-state index is -4.61. The van der Waals surface area contributed by atoms with E-state index in [0.717, 1.165) is 31.6 Å². The molecule has 0 radical (unpaired) electrons. The molecule has 36 heavy (non-hydrogen) atoms. The second kappa shape index (κ2) is 10.5. The molecule has 1 aliphatic rings. The van der Waals surface area contributed by atoms with E-state index in [1.807, 2.05) is 6.07 Å². The number of aryl methyl sites for hydroxylation is 1. The van der Waals surface area contributed by atoms with Crippen LogP contribution in [0.15, 0.2) is 49.3 Å². The van der Waals surface area contributed by atoms with Crippen LogP contribution in [0, 0.1) is 0 Å². The zero-order chi connectivity index (χ0) is 25.9. The third kappa shape index (κ3) is 5.93. The molecule has 0 bridgehead atoms. The van der Waals surface area contributed by atoms with Crippen molar-refractivity contribution < 1.29 is 18.0 Å². The Balaban J connectivity index is 1.62. The quantitative estimate of drug-likeness (QED) is 0.502. The van der Waals surface area contributed by atoms with Crippen molar-refractivity contribution >= 4 is 34.0 Å². The van der Waals surface area contributed by atoms with E-state index in [1.165, 1.54) is 10.9 Å². The number of carbonyl (C=O) groups is 1. The van der Waals surface area contributed by atoms with Crippen molar-refractivity contribution in [2.75, 3.05) is 32.0 Å². The number of hydrogen-bond donors (Lipinski definition) is 2. The molecule has 3 heterocycles. The number of nitrogens with zero attached hydrogens (tertiary/aromatic N) is 4. The summed E-state index contributed by atoms with van der Waals surface area (Å²) >= 11 is 0. The second-order valence-corrected chi connectivity index (χ2v) is 9.01. The maximum Gasteiger partial charge on any atom is 0.417 e. The Hall–Kier alpha value is -3.66. The number of nitrogens with one attached hydrogen (secondary N) is 2. The molecular weight excluding hydrogens is 469 g/mol. The van der Waals surface area contributed by atoms with Crippen LogP contribution in [0.5, 0.6) is 0 Å². The Morgan fingerprint density at radius 2 is 1.97 bits per heavy atom. The average Bonchev–Trinajstić information content (AvgIpc) is 3.28. The number of fused-ring (bicyclic) bond motifs is 1. The maximum absolute atomic E-state index is 13.6. The van der Waals surface area contributed by atoms with E-state index in [0.29, 0.717) is 22.0 Å². The summed E-state index contributed by atoms with van der Waals surface area (Å²) in [5.74, 6) is -0.296. The number of alkyl halides is 3. The van der Waals surface area contributed by atoms with Crippen LogP contribution in [-0.4, -0.2) is 64.5 Å². The van der Waals surface area contributed by atoms with Gasteiger partial charge in [0.2, 0.25) is 0 Å².